The lowest BCUT2D eigenvalue weighted by Crippen LogP contribution is -2.36. The van der Waals surface area contributed by atoms with E-state index in [9.17, 15) is 4.79 Å². The van der Waals surface area contributed by atoms with Crippen LogP contribution in [0.15, 0.2) is 24.5 Å². The molecule has 8 nitrogen and oxygen atoms in total. The van der Waals surface area contributed by atoms with E-state index in [4.69, 9.17) is 10.5 Å². The van der Waals surface area contributed by atoms with E-state index in [0.29, 0.717) is 12.4 Å². The standard InChI is InChI=1S/C14H18N6O2/c15-12(21)9-13-17-14(10-19-5-7-22-8-6-19)20(18-13)11-1-3-16-4-2-11/h1-4H,5-10H2,(H2,15,21). The van der Waals surface area contributed by atoms with Crippen LogP contribution >= 0.6 is 0 Å². The van der Waals surface area contributed by atoms with Crippen LogP contribution in [0.25, 0.3) is 5.69 Å². The van der Waals surface area contributed by atoms with Gasteiger partial charge in [-0.15, -0.1) is 0 Å². The molecule has 1 amide bonds. The second kappa shape index (κ2) is 6.63. The quantitative estimate of drug-likeness (QED) is 0.801. The minimum Gasteiger partial charge on any atom is -0.379 e. The Kier molecular flexibility index (Phi) is 4.40. The number of ether oxygens (including phenoxy) is 1. The van der Waals surface area contributed by atoms with Gasteiger partial charge in [0.2, 0.25) is 5.91 Å². The summed E-state index contributed by atoms with van der Waals surface area (Å²) in [5.41, 5.74) is 6.10. The second-order valence-corrected chi connectivity index (χ2v) is 5.09. The number of pyridine rings is 1. The lowest BCUT2D eigenvalue weighted by Gasteiger charge is -2.26. The lowest BCUT2D eigenvalue weighted by atomic mass is 10.3. The first-order chi connectivity index (χ1) is 10.7. The van der Waals surface area contributed by atoms with Crippen molar-refractivity contribution < 1.29 is 9.53 Å². The van der Waals surface area contributed by atoms with Crippen LogP contribution in [0.1, 0.15) is 11.6 Å². The van der Waals surface area contributed by atoms with Crippen molar-refractivity contribution in [1.29, 1.82) is 0 Å². The SMILES string of the molecule is NC(=O)Cc1nc(CN2CCOCC2)n(-c2ccncc2)n1. The van der Waals surface area contributed by atoms with Crippen LogP contribution in [0.5, 0.6) is 0 Å². The van der Waals surface area contributed by atoms with Crippen molar-refractivity contribution in [2.45, 2.75) is 13.0 Å². The number of hydrogen-bond acceptors (Lipinski definition) is 6. The lowest BCUT2D eigenvalue weighted by molar-refractivity contribution is -0.117. The molecule has 1 saturated heterocycles. The third kappa shape index (κ3) is 3.46. The molecule has 0 bridgehead atoms. The summed E-state index contributed by atoms with van der Waals surface area (Å²) in [6, 6.07) is 3.71. The van der Waals surface area contributed by atoms with Gasteiger partial charge in [-0.1, -0.05) is 0 Å². The minimum absolute atomic E-state index is 0.0359. The van der Waals surface area contributed by atoms with Crippen LogP contribution in [0.4, 0.5) is 0 Å². The van der Waals surface area contributed by atoms with E-state index in [-0.39, 0.29) is 6.42 Å². The molecule has 0 saturated carbocycles. The zero-order chi connectivity index (χ0) is 15.4. The monoisotopic (exact) mass is 302 g/mol. The highest BCUT2D eigenvalue weighted by Crippen LogP contribution is 2.12. The molecule has 22 heavy (non-hydrogen) atoms. The van der Waals surface area contributed by atoms with E-state index in [0.717, 1.165) is 37.8 Å². The van der Waals surface area contributed by atoms with Crippen LogP contribution in [-0.4, -0.2) is 56.9 Å². The molecule has 0 spiro atoms. The molecule has 1 aliphatic rings. The predicted octanol–water partition coefficient (Wildman–Crippen LogP) is -0.478. The Bertz CT molecular complexity index is 636. The third-order valence-electron chi connectivity index (χ3n) is 3.43. The van der Waals surface area contributed by atoms with Gasteiger partial charge in [0.05, 0.1) is 31.9 Å². The summed E-state index contributed by atoms with van der Waals surface area (Å²) < 4.78 is 7.10. The molecule has 0 aromatic carbocycles. The van der Waals surface area contributed by atoms with Gasteiger partial charge < -0.3 is 10.5 Å². The van der Waals surface area contributed by atoms with E-state index in [1.165, 1.54) is 0 Å². The maximum Gasteiger partial charge on any atom is 0.225 e. The van der Waals surface area contributed by atoms with Gasteiger partial charge in [0.15, 0.2) is 5.82 Å². The molecule has 0 aliphatic carbocycles. The first-order valence-corrected chi connectivity index (χ1v) is 7.16. The zero-order valence-electron chi connectivity index (χ0n) is 12.2. The Balaban J connectivity index is 1.88. The van der Waals surface area contributed by atoms with Gasteiger partial charge in [-0.25, -0.2) is 9.67 Å². The summed E-state index contributed by atoms with van der Waals surface area (Å²) in [7, 11) is 0. The maximum absolute atomic E-state index is 11.1. The summed E-state index contributed by atoms with van der Waals surface area (Å²) in [5, 5.41) is 4.41. The Labute approximate surface area is 127 Å². The number of hydrogen-bond donors (Lipinski definition) is 1. The summed E-state index contributed by atoms with van der Waals surface area (Å²) in [6.07, 6.45) is 3.43. The number of nitrogens with two attached hydrogens (primary N) is 1. The van der Waals surface area contributed by atoms with Gasteiger partial charge in [-0.05, 0) is 12.1 Å². The molecule has 2 aromatic heterocycles. The van der Waals surface area contributed by atoms with Crippen molar-refractivity contribution in [2.24, 2.45) is 5.73 Å². The van der Waals surface area contributed by atoms with Crippen molar-refractivity contribution in [3.63, 3.8) is 0 Å². The van der Waals surface area contributed by atoms with Crippen LogP contribution in [0.3, 0.4) is 0 Å². The highest BCUT2D eigenvalue weighted by Gasteiger charge is 2.18. The highest BCUT2D eigenvalue weighted by atomic mass is 16.5. The molecule has 0 atom stereocenters. The van der Waals surface area contributed by atoms with E-state index in [1.807, 2.05) is 12.1 Å². The number of rotatable bonds is 5. The number of aromatic nitrogens is 4. The molecule has 3 heterocycles. The Morgan fingerprint density at radius 1 is 1.27 bits per heavy atom. The fourth-order valence-corrected chi connectivity index (χ4v) is 2.38. The van der Waals surface area contributed by atoms with Crippen molar-refractivity contribution in [1.82, 2.24) is 24.6 Å². The average molecular weight is 302 g/mol. The van der Waals surface area contributed by atoms with Gasteiger partial charge in [0.25, 0.3) is 0 Å². The first-order valence-electron chi connectivity index (χ1n) is 7.16. The number of primary amides is 1. The third-order valence-corrected chi connectivity index (χ3v) is 3.43. The maximum atomic E-state index is 11.1. The van der Waals surface area contributed by atoms with Gasteiger partial charge in [-0.3, -0.25) is 14.7 Å². The second-order valence-electron chi connectivity index (χ2n) is 5.09. The topological polar surface area (TPSA) is 99.2 Å². The largest absolute Gasteiger partial charge is 0.379 e. The molecule has 1 aliphatic heterocycles. The fourth-order valence-electron chi connectivity index (χ4n) is 2.38. The molecule has 0 radical (unpaired) electrons. The zero-order valence-corrected chi connectivity index (χ0v) is 12.2. The number of carbonyl (C=O) groups is 1. The Morgan fingerprint density at radius 2 is 2.00 bits per heavy atom. The number of morpholine rings is 1. The number of nitrogens with zero attached hydrogens (tertiary/aromatic N) is 5. The molecule has 3 rings (SSSR count). The molecule has 8 heteroatoms. The van der Waals surface area contributed by atoms with E-state index < -0.39 is 5.91 Å². The van der Waals surface area contributed by atoms with Crippen LogP contribution in [-0.2, 0) is 22.5 Å². The molecule has 116 valence electrons. The highest BCUT2D eigenvalue weighted by molar-refractivity contribution is 5.75. The van der Waals surface area contributed by atoms with E-state index in [1.54, 1.807) is 17.1 Å². The van der Waals surface area contributed by atoms with Gasteiger partial charge in [0.1, 0.15) is 5.82 Å². The van der Waals surface area contributed by atoms with Crippen LogP contribution in [0, 0.1) is 0 Å². The molecule has 1 fully saturated rings. The van der Waals surface area contributed by atoms with Crippen LogP contribution in [0.2, 0.25) is 0 Å². The smallest absolute Gasteiger partial charge is 0.225 e. The Hall–Kier alpha value is -2.32. The minimum atomic E-state index is -0.440. The summed E-state index contributed by atoms with van der Waals surface area (Å²) in [6.45, 7) is 3.80. The van der Waals surface area contributed by atoms with Gasteiger partial charge in [-0.2, -0.15) is 5.10 Å². The molecule has 2 aromatic rings. The molecular formula is C14H18N6O2. The van der Waals surface area contributed by atoms with Crippen molar-refractivity contribution in [2.75, 3.05) is 26.3 Å². The first kappa shape index (κ1) is 14.6. The number of amides is 1. The summed E-state index contributed by atoms with van der Waals surface area (Å²) >= 11 is 0. The van der Waals surface area contributed by atoms with E-state index in [2.05, 4.69) is 20.0 Å². The van der Waals surface area contributed by atoms with Gasteiger partial charge >= 0.3 is 0 Å². The summed E-state index contributed by atoms with van der Waals surface area (Å²) in [4.78, 5) is 21.8. The number of carbonyl (C=O) groups excluding carboxylic acids is 1. The van der Waals surface area contributed by atoms with Crippen molar-refractivity contribution in [3.8, 4) is 5.69 Å². The van der Waals surface area contributed by atoms with Crippen LogP contribution < -0.4 is 5.73 Å². The molecular weight excluding hydrogens is 284 g/mol. The van der Waals surface area contributed by atoms with Crippen molar-refractivity contribution in [3.05, 3.63) is 36.2 Å². The predicted molar refractivity (Wildman–Crippen MR) is 78.1 cm³/mol. The molecule has 2 N–H and O–H groups in total. The summed E-state index contributed by atoms with van der Waals surface area (Å²) in [5.74, 6) is 0.779. The van der Waals surface area contributed by atoms with Crippen molar-refractivity contribution >= 4 is 5.91 Å². The Morgan fingerprint density at radius 3 is 2.68 bits per heavy atom. The normalized spacial score (nSPS) is 15.8. The van der Waals surface area contributed by atoms with E-state index >= 15 is 0 Å². The average Bonchev–Trinajstić information content (AvgIpc) is 2.91. The van der Waals surface area contributed by atoms with Gasteiger partial charge in [0, 0.05) is 25.5 Å². The fraction of sp³-hybridized carbons (Fsp3) is 0.429. The molecule has 0 unspecified atom stereocenters.